The quantitative estimate of drug-likeness (QED) is 0.569. The minimum Gasteiger partial charge on any atom is -0.467 e. The molecule has 3 heterocycles. The van der Waals surface area contributed by atoms with Crippen molar-refractivity contribution >= 4 is 39.0 Å². The standard InChI is InChI=1S/C14H13BrN4O5/c1-7(20)22-5-11-10(23-8(2)21)3-12(24-11)19-13-9(18-14(19)15)4-16-6-17-13/h4,6,12H,3,5H2,1-2H3/t12-/m1/s1. The molecule has 126 valence electrons. The molecule has 0 unspecified atom stereocenters. The summed E-state index contributed by atoms with van der Waals surface area (Å²) < 4.78 is 18.1. The molecule has 0 saturated heterocycles. The molecule has 0 spiro atoms. The molecule has 2 aromatic heterocycles. The van der Waals surface area contributed by atoms with E-state index in [4.69, 9.17) is 14.2 Å². The van der Waals surface area contributed by atoms with Gasteiger partial charge in [-0.1, -0.05) is 0 Å². The number of hydrogen-bond acceptors (Lipinski definition) is 8. The zero-order valence-corrected chi connectivity index (χ0v) is 14.4. The predicted octanol–water partition coefficient (Wildman–Crippen LogP) is 1.85. The molecule has 0 saturated carbocycles. The summed E-state index contributed by atoms with van der Waals surface area (Å²) >= 11 is 3.36. The van der Waals surface area contributed by atoms with Crippen LogP contribution in [0.5, 0.6) is 0 Å². The van der Waals surface area contributed by atoms with E-state index in [-0.39, 0.29) is 18.8 Å². The molecular formula is C14H13BrN4O5. The predicted molar refractivity (Wildman–Crippen MR) is 83.2 cm³/mol. The van der Waals surface area contributed by atoms with Gasteiger partial charge in [0.05, 0.1) is 12.6 Å². The second-order valence-electron chi connectivity index (χ2n) is 4.98. The first-order valence-electron chi connectivity index (χ1n) is 6.99. The third kappa shape index (κ3) is 3.23. The van der Waals surface area contributed by atoms with Crippen molar-refractivity contribution < 1.29 is 23.8 Å². The lowest BCUT2D eigenvalue weighted by Gasteiger charge is -2.15. The fourth-order valence-corrected chi connectivity index (χ4v) is 2.91. The van der Waals surface area contributed by atoms with Crippen LogP contribution in [0.25, 0.3) is 11.2 Å². The summed E-state index contributed by atoms with van der Waals surface area (Å²) in [5.74, 6) is -0.338. The molecular weight excluding hydrogens is 384 g/mol. The third-order valence-electron chi connectivity index (χ3n) is 3.22. The van der Waals surface area contributed by atoms with E-state index in [9.17, 15) is 9.59 Å². The highest BCUT2D eigenvalue weighted by atomic mass is 79.9. The van der Waals surface area contributed by atoms with Gasteiger partial charge in [0.25, 0.3) is 0 Å². The van der Waals surface area contributed by atoms with E-state index in [1.165, 1.54) is 20.2 Å². The van der Waals surface area contributed by atoms with E-state index in [1.54, 1.807) is 10.8 Å². The van der Waals surface area contributed by atoms with Crippen LogP contribution in [-0.2, 0) is 23.8 Å². The Labute approximate surface area is 144 Å². The summed E-state index contributed by atoms with van der Waals surface area (Å²) in [7, 11) is 0. The normalized spacial score (nSPS) is 17.0. The molecule has 1 aliphatic heterocycles. The second-order valence-corrected chi connectivity index (χ2v) is 5.69. The molecule has 0 fully saturated rings. The molecule has 0 amide bonds. The average Bonchev–Trinajstić information content (AvgIpc) is 3.04. The number of imidazole rings is 1. The van der Waals surface area contributed by atoms with Gasteiger partial charge < -0.3 is 14.2 Å². The number of carbonyl (C=O) groups is 2. The van der Waals surface area contributed by atoms with E-state index in [0.717, 1.165) is 0 Å². The summed E-state index contributed by atoms with van der Waals surface area (Å²) in [6.45, 7) is 2.46. The molecule has 1 aliphatic rings. The summed E-state index contributed by atoms with van der Waals surface area (Å²) in [4.78, 5) is 34.7. The fraction of sp³-hybridized carbons (Fsp3) is 0.357. The topological polar surface area (TPSA) is 105 Å². The molecule has 9 nitrogen and oxygen atoms in total. The molecule has 0 bridgehead atoms. The van der Waals surface area contributed by atoms with Gasteiger partial charge in [-0.3, -0.25) is 14.2 Å². The van der Waals surface area contributed by atoms with Crippen molar-refractivity contribution in [1.82, 2.24) is 19.5 Å². The zero-order valence-electron chi connectivity index (χ0n) is 12.9. The van der Waals surface area contributed by atoms with Crippen LogP contribution in [0.2, 0.25) is 0 Å². The van der Waals surface area contributed by atoms with Gasteiger partial charge in [0.1, 0.15) is 11.8 Å². The second kappa shape index (κ2) is 6.56. The van der Waals surface area contributed by atoms with Crippen molar-refractivity contribution in [3.8, 4) is 0 Å². The number of carbonyl (C=O) groups excluding carboxylic acids is 2. The van der Waals surface area contributed by atoms with E-state index >= 15 is 0 Å². The summed E-state index contributed by atoms with van der Waals surface area (Å²) in [6.07, 6.45) is 2.71. The van der Waals surface area contributed by atoms with E-state index in [0.29, 0.717) is 21.7 Å². The molecule has 0 aromatic carbocycles. The monoisotopic (exact) mass is 396 g/mol. The Morgan fingerprint density at radius 2 is 2.21 bits per heavy atom. The Kier molecular flexibility index (Phi) is 4.47. The van der Waals surface area contributed by atoms with Crippen molar-refractivity contribution in [3.63, 3.8) is 0 Å². The minimum atomic E-state index is -0.542. The smallest absolute Gasteiger partial charge is 0.307 e. The van der Waals surface area contributed by atoms with Gasteiger partial charge in [-0.25, -0.2) is 15.0 Å². The van der Waals surface area contributed by atoms with Crippen LogP contribution in [0.4, 0.5) is 0 Å². The first-order chi connectivity index (χ1) is 11.5. The van der Waals surface area contributed by atoms with Crippen LogP contribution in [0.1, 0.15) is 26.5 Å². The van der Waals surface area contributed by atoms with Gasteiger partial charge in [-0.05, 0) is 15.9 Å². The molecule has 0 radical (unpaired) electrons. The van der Waals surface area contributed by atoms with Gasteiger partial charge in [0, 0.05) is 13.8 Å². The number of hydrogen-bond donors (Lipinski definition) is 0. The number of nitrogens with zero attached hydrogens (tertiary/aromatic N) is 4. The highest BCUT2D eigenvalue weighted by Crippen LogP contribution is 2.36. The average molecular weight is 397 g/mol. The number of aromatic nitrogens is 4. The lowest BCUT2D eigenvalue weighted by molar-refractivity contribution is -0.141. The lowest BCUT2D eigenvalue weighted by Crippen LogP contribution is -2.11. The summed E-state index contributed by atoms with van der Waals surface area (Å²) in [5.41, 5.74) is 1.16. The highest BCUT2D eigenvalue weighted by molar-refractivity contribution is 9.10. The van der Waals surface area contributed by atoms with E-state index in [2.05, 4.69) is 30.9 Å². The first kappa shape index (κ1) is 16.4. The first-order valence-corrected chi connectivity index (χ1v) is 7.79. The highest BCUT2D eigenvalue weighted by Gasteiger charge is 2.32. The number of rotatable bonds is 4. The van der Waals surface area contributed by atoms with Crippen LogP contribution in [0, 0.1) is 0 Å². The van der Waals surface area contributed by atoms with Crippen LogP contribution < -0.4 is 0 Å². The minimum absolute atomic E-state index is 0.117. The van der Waals surface area contributed by atoms with Gasteiger partial charge in [0.15, 0.2) is 34.7 Å². The van der Waals surface area contributed by atoms with Crippen LogP contribution in [0.3, 0.4) is 0 Å². The fourth-order valence-electron chi connectivity index (χ4n) is 2.32. The van der Waals surface area contributed by atoms with Crippen LogP contribution >= 0.6 is 15.9 Å². The maximum absolute atomic E-state index is 11.3. The molecule has 0 aliphatic carbocycles. The number of ether oxygens (including phenoxy) is 3. The van der Waals surface area contributed by atoms with Crippen LogP contribution in [-0.4, -0.2) is 38.1 Å². The van der Waals surface area contributed by atoms with Gasteiger partial charge >= 0.3 is 11.9 Å². The largest absolute Gasteiger partial charge is 0.467 e. The van der Waals surface area contributed by atoms with Gasteiger partial charge in [-0.15, -0.1) is 0 Å². The maximum atomic E-state index is 11.3. The Hall–Kier alpha value is -2.49. The maximum Gasteiger partial charge on any atom is 0.307 e. The lowest BCUT2D eigenvalue weighted by atomic mass is 10.3. The Balaban J connectivity index is 1.90. The Bertz CT molecular complexity index is 847. The van der Waals surface area contributed by atoms with Crippen molar-refractivity contribution in [2.45, 2.75) is 26.5 Å². The van der Waals surface area contributed by atoms with Crippen molar-refractivity contribution in [3.05, 3.63) is 28.8 Å². The number of halogens is 1. The number of fused-ring (bicyclic) bond motifs is 1. The van der Waals surface area contributed by atoms with Gasteiger partial charge in [-0.2, -0.15) is 0 Å². The Morgan fingerprint density at radius 3 is 2.92 bits per heavy atom. The van der Waals surface area contributed by atoms with Crippen molar-refractivity contribution in [2.75, 3.05) is 6.61 Å². The molecule has 1 atom stereocenters. The van der Waals surface area contributed by atoms with E-state index < -0.39 is 18.2 Å². The molecule has 3 rings (SSSR count). The van der Waals surface area contributed by atoms with Crippen molar-refractivity contribution in [2.24, 2.45) is 0 Å². The van der Waals surface area contributed by atoms with Crippen LogP contribution in [0.15, 0.2) is 28.8 Å². The zero-order chi connectivity index (χ0) is 17.3. The summed E-state index contributed by atoms with van der Waals surface area (Å²) in [6, 6.07) is 0. The SMILES string of the molecule is CC(=O)OCC1=C(OC(C)=O)C[C@H](n2c(Br)nc3cncnc32)O1. The van der Waals surface area contributed by atoms with Gasteiger partial charge in [0.2, 0.25) is 0 Å². The molecule has 10 heteroatoms. The van der Waals surface area contributed by atoms with E-state index in [1.807, 2.05) is 0 Å². The third-order valence-corrected chi connectivity index (χ3v) is 3.78. The summed E-state index contributed by atoms with van der Waals surface area (Å²) in [5, 5.41) is 0. The number of esters is 2. The van der Waals surface area contributed by atoms with Crippen molar-refractivity contribution in [1.29, 1.82) is 0 Å². The Morgan fingerprint density at radius 1 is 1.42 bits per heavy atom. The molecule has 0 N–H and O–H groups in total. The molecule has 2 aromatic rings. The molecule has 24 heavy (non-hydrogen) atoms.